The van der Waals surface area contributed by atoms with E-state index in [2.05, 4.69) is 20.0 Å². The molecule has 25 heavy (non-hydrogen) atoms. The molecule has 1 saturated heterocycles. The number of aryl methyl sites for hydroxylation is 2. The molecular formula is C17H23ClN6O. The molecule has 0 spiro atoms. The summed E-state index contributed by atoms with van der Waals surface area (Å²) in [4.78, 5) is 25.5. The minimum atomic E-state index is -0.125. The molecule has 0 radical (unpaired) electrons. The molecule has 1 aliphatic rings. The molecular weight excluding hydrogens is 340 g/mol. The van der Waals surface area contributed by atoms with E-state index in [0.29, 0.717) is 24.7 Å². The van der Waals surface area contributed by atoms with E-state index in [9.17, 15) is 4.79 Å². The highest BCUT2D eigenvalue weighted by Gasteiger charge is 2.26. The molecule has 0 aliphatic carbocycles. The van der Waals surface area contributed by atoms with Gasteiger partial charge in [-0.1, -0.05) is 18.5 Å². The predicted molar refractivity (Wildman–Crippen MR) is 96.7 cm³/mol. The lowest BCUT2D eigenvalue weighted by Crippen LogP contribution is -2.50. The van der Waals surface area contributed by atoms with Crippen molar-refractivity contribution in [3.8, 4) is 0 Å². The van der Waals surface area contributed by atoms with Crippen LogP contribution in [0.3, 0.4) is 0 Å². The molecule has 1 aliphatic heterocycles. The fourth-order valence-corrected chi connectivity index (χ4v) is 3.21. The predicted octanol–water partition coefficient (Wildman–Crippen LogP) is 1.93. The van der Waals surface area contributed by atoms with Crippen LogP contribution in [0.25, 0.3) is 0 Å². The first-order chi connectivity index (χ1) is 11.9. The van der Waals surface area contributed by atoms with Crippen molar-refractivity contribution >= 4 is 23.3 Å². The second-order valence-electron chi connectivity index (χ2n) is 6.44. The van der Waals surface area contributed by atoms with Gasteiger partial charge in [0.2, 0.25) is 5.91 Å². The van der Waals surface area contributed by atoms with Crippen molar-refractivity contribution in [2.24, 2.45) is 5.92 Å². The van der Waals surface area contributed by atoms with Crippen molar-refractivity contribution < 1.29 is 4.79 Å². The summed E-state index contributed by atoms with van der Waals surface area (Å²) in [6, 6.07) is 3.75. The number of hydrogen-bond acceptors (Lipinski definition) is 5. The van der Waals surface area contributed by atoms with Gasteiger partial charge in [-0.3, -0.25) is 4.79 Å². The second-order valence-corrected chi connectivity index (χ2v) is 6.87. The molecule has 134 valence electrons. The number of amides is 1. The van der Waals surface area contributed by atoms with Crippen molar-refractivity contribution in [3.05, 3.63) is 35.0 Å². The van der Waals surface area contributed by atoms with Crippen LogP contribution in [-0.4, -0.2) is 56.7 Å². The third-order valence-electron chi connectivity index (χ3n) is 4.46. The zero-order valence-electron chi connectivity index (χ0n) is 14.8. The fraction of sp³-hybridized carbons (Fsp3) is 0.529. The number of pyridine rings is 1. The van der Waals surface area contributed by atoms with E-state index < -0.39 is 0 Å². The number of anilines is 1. The number of nitrogens with zero attached hydrogens (tertiary/aromatic N) is 6. The van der Waals surface area contributed by atoms with Crippen LogP contribution in [0.5, 0.6) is 0 Å². The Morgan fingerprint density at radius 1 is 1.24 bits per heavy atom. The highest BCUT2D eigenvalue weighted by molar-refractivity contribution is 6.30. The summed E-state index contributed by atoms with van der Waals surface area (Å²) in [5.74, 6) is 2.52. The summed E-state index contributed by atoms with van der Waals surface area (Å²) >= 11 is 5.88. The lowest BCUT2D eigenvalue weighted by molar-refractivity contribution is -0.135. The molecule has 0 bridgehead atoms. The SMILES string of the molecule is Cc1nc(C)n(CC(C)C(=O)N2CCN(c3ccc(Cl)cn3)CC2)n1. The minimum absolute atomic E-state index is 0.125. The Morgan fingerprint density at radius 2 is 1.96 bits per heavy atom. The maximum Gasteiger partial charge on any atom is 0.227 e. The molecule has 8 heteroatoms. The second kappa shape index (κ2) is 7.39. The minimum Gasteiger partial charge on any atom is -0.353 e. The number of carbonyl (C=O) groups is 1. The van der Waals surface area contributed by atoms with E-state index in [1.54, 1.807) is 6.20 Å². The molecule has 7 nitrogen and oxygen atoms in total. The van der Waals surface area contributed by atoms with E-state index in [1.807, 2.05) is 42.5 Å². The van der Waals surface area contributed by atoms with Gasteiger partial charge < -0.3 is 9.80 Å². The maximum absolute atomic E-state index is 12.7. The Bertz CT molecular complexity index is 736. The van der Waals surface area contributed by atoms with Gasteiger partial charge in [0.25, 0.3) is 0 Å². The van der Waals surface area contributed by atoms with Crippen molar-refractivity contribution in [2.75, 3.05) is 31.1 Å². The molecule has 3 heterocycles. The number of halogens is 1. The van der Waals surface area contributed by atoms with Crippen molar-refractivity contribution in [1.82, 2.24) is 24.6 Å². The smallest absolute Gasteiger partial charge is 0.227 e. The summed E-state index contributed by atoms with van der Waals surface area (Å²) in [5, 5.41) is 4.97. The summed E-state index contributed by atoms with van der Waals surface area (Å²) in [6.45, 7) is 9.22. The van der Waals surface area contributed by atoms with E-state index in [-0.39, 0.29) is 11.8 Å². The van der Waals surface area contributed by atoms with Crippen LogP contribution in [0.4, 0.5) is 5.82 Å². The molecule has 1 atom stereocenters. The monoisotopic (exact) mass is 362 g/mol. The first-order valence-electron chi connectivity index (χ1n) is 8.47. The molecule has 0 aromatic carbocycles. The normalized spacial score (nSPS) is 16.2. The molecule has 2 aromatic heterocycles. The van der Waals surface area contributed by atoms with Crippen LogP contribution in [0.1, 0.15) is 18.6 Å². The molecule has 0 N–H and O–H groups in total. The van der Waals surface area contributed by atoms with Crippen LogP contribution in [-0.2, 0) is 11.3 Å². The molecule has 2 aromatic rings. The maximum atomic E-state index is 12.7. The number of piperazine rings is 1. The third-order valence-corrected chi connectivity index (χ3v) is 4.68. The van der Waals surface area contributed by atoms with Gasteiger partial charge in [0.15, 0.2) is 0 Å². The number of hydrogen-bond donors (Lipinski definition) is 0. The third kappa shape index (κ3) is 4.10. The topological polar surface area (TPSA) is 67.2 Å². The first kappa shape index (κ1) is 17.7. The van der Waals surface area contributed by atoms with E-state index in [4.69, 9.17) is 11.6 Å². The lowest BCUT2D eigenvalue weighted by atomic mass is 10.1. The number of carbonyl (C=O) groups excluding carboxylic acids is 1. The molecule has 0 saturated carbocycles. The average molecular weight is 363 g/mol. The Balaban J connectivity index is 1.55. The van der Waals surface area contributed by atoms with Gasteiger partial charge >= 0.3 is 0 Å². The van der Waals surface area contributed by atoms with Crippen molar-refractivity contribution in [2.45, 2.75) is 27.3 Å². The fourth-order valence-electron chi connectivity index (χ4n) is 3.09. The molecule has 1 fully saturated rings. The summed E-state index contributed by atoms with van der Waals surface area (Å²) in [5.41, 5.74) is 0. The Labute approximate surface area is 152 Å². The van der Waals surface area contributed by atoms with Crippen LogP contribution < -0.4 is 4.90 Å². The standard InChI is InChI=1S/C17H23ClN6O/c1-12(11-24-14(3)20-13(2)21-24)17(25)23-8-6-22(7-9-23)16-5-4-15(18)10-19-16/h4-5,10,12H,6-9,11H2,1-3H3. The van der Waals surface area contributed by atoms with Crippen LogP contribution in [0.2, 0.25) is 5.02 Å². The highest BCUT2D eigenvalue weighted by Crippen LogP contribution is 2.17. The largest absolute Gasteiger partial charge is 0.353 e. The molecule has 3 rings (SSSR count). The van der Waals surface area contributed by atoms with Gasteiger partial charge in [-0.25, -0.2) is 14.6 Å². The summed E-state index contributed by atoms with van der Waals surface area (Å²) in [7, 11) is 0. The van der Waals surface area contributed by atoms with Crippen LogP contribution >= 0.6 is 11.6 Å². The van der Waals surface area contributed by atoms with Crippen molar-refractivity contribution in [1.29, 1.82) is 0 Å². The van der Waals surface area contributed by atoms with Crippen molar-refractivity contribution in [3.63, 3.8) is 0 Å². The first-order valence-corrected chi connectivity index (χ1v) is 8.85. The van der Waals surface area contributed by atoms with Gasteiger partial charge in [0.05, 0.1) is 17.5 Å². The Hall–Kier alpha value is -2.15. The van der Waals surface area contributed by atoms with E-state index >= 15 is 0 Å². The quantitative estimate of drug-likeness (QED) is 0.831. The highest BCUT2D eigenvalue weighted by atomic mass is 35.5. The molecule has 1 unspecified atom stereocenters. The summed E-state index contributed by atoms with van der Waals surface area (Å²) < 4.78 is 1.81. The zero-order chi connectivity index (χ0) is 18.0. The summed E-state index contributed by atoms with van der Waals surface area (Å²) in [6.07, 6.45) is 1.65. The molecule has 1 amide bonds. The van der Waals surface area contributed by atoms with Gasteiger partial charge in [-0.15, -0.1) is 0 Å². The van der Waals surface area contributed by atoms with Gasteiger partial charge in [-0.05, 0) is 26.0 Å². The van der Waals surface area contributed by atoms with Gasteiger partial charge in [0, 0.05) is 32.4 Å². The van der Waals surface area contributed by atoms with Gasteiger partial charge in [-0.2, -0.15) is 5.10 Å². The average Bonchev–Trinajstić information content (AvgIpc) is 2.92. The van der Waals surface area contributed by atoms with Crippen LogP contribution in [0.15, 0.2) is 18.3 Å². The van der Waals surface area contributed by atoms with Gasteiger partial charge in [0.1, 0.15) is 17.5 Å². The number of aromatic nitrogens is 4. The van der Waals surface area contributed by atoms with E-state index in [1.165, 1.54) is 0 Å². The zero-order valence-corrected chi connectivity index (χ0v) is 15.6. The number of rotatable bonds is 4. The van der Waals surface area contributed by atoms with Crippen LogP contribution in [0, 0.1) is 19.8 Å². The Kier molecular flexibility index (Phi) is 5.22. The lowest BCUT2D eigenvalue weighted by Gasteiger charge is -2.36. The Morgan fingerprint density at radius 3 is 2.52 bits per heavy atom. The van der Waals surface area contributed by atoms with E-state index in [0.717, 1.165) is 30.6 Å².